The number of rotatable bonds is 9. The summed E-state index contributed by atoms with van der Waals surface area (Å²) in [6.07, 6.45) is -1.94. The Morgan fingerprint density at radius 3 is 2.21 bits per heavy atom. The molecule has 1 N–H and O–H groups in total. The highest BCUT2D eigenvalue weighted by Gasteiger charge is 2.28. The number of carboxylic acids is 1. The zero-order valence-electron chi connectivity index (χ0n) is 9.22. The predicted molar refractivity (Wildman–Crippen MR) is 47.4 cm³/mol. The van der Waals surface area contributed by atoms with Gasteiger partial charge in [-0.25, -0.2) is 4.39 Å². The number of alkyl halides is 1. The third-order valence-electron chi connectivity index (χ3n) is 1.74. The molecule has 10 nitrogen and oxygen atoms in total. The second-order valence-corrected chi connectivity index (χ2v) is 6.17. The largest absolute Gasteiger partial charge is 0.790 e. The van der Waals surface area contributed by atoms with Crippen molar-refractivity contribution in [1.29, 1.82) is 0 Å². The van der Waals surface area contributed by atoms with Crippen LogP contribution in [0, 0.1) is 0 Å². The average Bonchev–Trinajstić information content (AvgIpc) is 2.11. The number of carbonyl (C=O) groups excluding carboxylic acids is 1. The predicted octanol–water partition coefficient (Wildman–Crippen LogP) is -3.45. The van der Waals surface area contributed by atoms with Crippen LogP contribution >= 0.6 is 15.6 Å². The van der Waals surface area contributed by atoms with Gasteiger partial charge in [-0.3, -0.25) is 8.88 Å². The van der Waals surface area contributed by atoms with Crippen LogP contribution in [0.2, 0.25) is 0 Å². The molecule has 0 fully saturated rings. The summed E-state index contributed by atoms with van der Waals surface area (Å²) in [6.45, 7) is -2.52. The molecule has 0 heterocycles. The third-order valence-corrected chi connectivity index (χ3v) is 3.84. The van der Waals surface area contributed by atoms with Crippen LogP contribution in [-0.4, -0.2) is 30.0 Å². The maximum Gasteiger partial charge on any atom is 0.271 e. The number of carboxylic acid groups (broad SMARTS) is 1. The monoisotopic (exact) mass is 322 g/mol. The lowest BCUT2D eigenvalue weighted by molar-refractivity contribution is -0.339. The van der Waals surface area contributed by atoms with Gasteiger partial charge in [-0.05, 0) is 0 Å². The van der Waals surface area contributed by atoms with Gasteiger partial charge in [0.1, 0.15) is 12.3 Å². The molecule has 0 aromatic heterocycles. The van der Waals surface area contributed by atoms with Crippen molar-refractivity contribution in [3.63, 3.8) is 0 Å². The molecule has 0 aliphatic heterocycles. The summed E-state index contributed by atoms with van der Waals surface area (Å²) in [4.78, 5) is 41.0. The molecule has 19 heavy (non-hydrogen) atoms. The Balaban J connectivity index is 4.38. The van der Waals surface area contributed by atoms with E-state index in [-0.39, 0.29) is 0 Å². The van der Waals surface area contributed by atoms with Gasteiger partial charge in [0.2, 0.25) is 0 Å². The molecule has 0 radical (unpaired) electrons. The fraction of sp³-hybridized carbons (Fsp3) is 0.833. The van der Waals surface area contributed by atoms with Crippen molar-refractivity contribution >= 4 is 21.6 Å². The molecule has 0 aliphatic rings. The Labute approximate surface area is 106 Å². The van der Waals surface area contributed by atoms with Crippen LogP contribution in [-0.2, 0) is 22.8 Å². The Bertz CT molecular complexity index is 407. The van der Waals surface area contributed by atoms with Crippen LogP contribution in [0.25, 0.3) is 0 Å². The van der Waals surface area contributed by atoms with E-state index < -0.39 is 53.3 Å². The van der Waals surface area contributed by atoms with Crippen LogP contribution in [0.15, 0.2) is 0 Å². The quantitative estimate of drug-likeness (QED) is 0.419. The average molecular weight is 322 g/mol. The van der Waals surface area contributed by atoms with Crippen molar-refractivity contribution in [2.24, 2.45) is 0 Å². The van der Waals surface area contributed by atoms with Gasteiger partial charge in [0.25, 0.3) is 7.82 Å². The van der Waals surface area contributed by atoms with Crippen LogP contribution in [0.5, 0.6) is 0 Å². The summed E-state index contributed by atoms with van der Waals surface area (Å²) in [7, 11) is -11.3. The number of phosphoric ester groups is 1. The van der Waals surface area contributed by atoms with Crippen molar-refractivity contribution in [2.45, 2.75) is 18.4 Å². The van der Waals surface area contributed by atoms with Gasteiger partial charge in [0.15, 0.2) is 0 Å². The lowest BCUT2D eigenvalue weighted by Crippen LogP contribution is -2.40. The van der Waals surface area contributed by atoms with E-state index in [9.17, 15) is 43.2 Å². The maximum atomic E-state index is 12.4. The molecule has 0 aromatic rings. The summed E-state index contributed by atoms with van der Waals surface area (Å²) >= 11 is 0. The molecule has 1 unspecified atom stereocenters. The lowest BCUT2D eigenvalue weighted by Gasteiger charge is -2.35. The van der Waals surface area contributed by atoms with Crippen LogP contribution in [0.3, 0.4) is 0 Å². The van der Waals surface area contributed by atoms with Gasteiger partial charge in [-0.2, -0.15) is 0 Å². The number of phosphoric acid groups is 2. The summed E-state index contributed by atoms with van der Waals surface area (Å²) in [5, 5.41) is 19.5. The first-order valence-electron chi connectivity index (χ1n) is 4.56. The summed E-state index contributed by atoms with van der Waals surface area (Å²) in [5.74, 6) is -1.79. The second kappa shape index (κ2) is 6.87. The minimum absolute atomic E-state index is 0.810. The van der Waals surface area contributed by atoms with E-state index in [1.165, 1.54) is 0 Å². The first-order valence-corrected chi connectivity index (χ1v) is 7.48. The fourth-order valence-electron chi connectivity index (χ4n) is 0.965. The summed E-state index contributed by atoms with van der Waals surface area (Å²) in [6, 6.07) is 0. The van der Waals surface area contributed by atoms with Gasteiger partial charge in [0, 0.05) is 18.8 Å². The Hall–Kier alpha value is -0.380. The van der Waals surface area contributed by atoms with E-state index in [4.69, 9.17) is 0 Å². The molecule has 0 saturated heterocycles. The molecular weight excluding hydrogens is 313 g/mol. The summed E-state index contributed by atoms with van der Waals surface area (Å²) in [5.41, 5.74) is -2.43. The topological polar surface area (TPSA) is 182 Å². The second-order valence-electron chi connectivity index (χ2n) is 3.47. The van der Waals surface area contributed by atoms with Crippen LogP contribution in [0.4, 0.5) is 4.39 Å². The van der Waals surface area contributed by atoms with Crippen molar-refractivity contribution in [1.82, 2.24) is 0 Å². The first kappa shape index (κ1) is 18.6. The minimum atomic E-state index is -5.84. The minimum Gasteiger partial charge on any atom is -0.790 e. The van der Waals surface area contributed by atoms with Crippen LogP contribution < -0.4 is 19.8 Å². The first-order chi connectivity index (χ1) is 8.39. The molecule has 0 aliphatic carbocycles. The standard InChI is InChI=1S/C6H13FO10P2/c7-4-6(10,3-5(8)9)1-2-16-19(14,15)17-18(11,12)13/h10H,1-4H2,(H,8,9)(H,14,15)(H2,11,12,13)/p-4/t6-/m1/s1. The number of halogens is 1. The van der Waals surface area contributed by atoms with E-state index in [0.717, 1.165) is 0 Å². The number of aliphatic carboxylic acids is 1. The smallest absolute Gasteiger partial charge is 0.271 e. The number of hydrogen-bond acceptors (Lipinski definition) is 10. The zero-order valence-corrected chi connectivity index (χ0v) is 11.0. The van der Waals surface area contributed by atoms with E-state index in [1.54, 1.807) is 0 Å². The van der Waals surface area contributed by atoms with E-state index in [0.29, 0.717) is 0 Å². The maximum absolute atomic E-state index is 12.4. The molecular formula is C6H9FO10P2-4. The van der Waals surface area contributed by atoms with Gasteiger partial charge < -0.3 is 38.8 Å². The van der Waals surface area contributed by atoms with E-state index in [2.05, 4.69) is 8.83 Å². The molecule has 114 valence electrons. The van der Waals surface area contributed by atoms with Crippen molar-refractivity contribution in [2.75, 3.05) is 13.3 Å². The van der Waals surface area contributed by atoms with Gasteiger partial charge in [0.05, 0.1) is 14.4 Å². The third kappa shape index (κ3) is 9.20. The van der Waals surface area contributed by atoms with E-state index in [1.807, 2.05) is 0 Å². The van der Waals surface area contributed by atoms with E-state index >= 15 is 0 Å². The summed E-state index contributed by atoms with van der Waals surface area (Å²) < 4.78 is 40.1. The van der Waals surface area contributed by atoms with Crippen molar-refractivity contribution in [3.8, 4) is 0 Å². The fourth-order valence-corrected chi connectivity index (χ4v) is 2.45. The highest BCUT2D eigenvalue weighted by molar-refractivity contribution is 7.58. The molecule has 2 atom stereocenters. The van der Waals surface area contributed by atoms with Gasteiger partial charge in [-0.15, -0.1) is 0 Å². The van der Waals surface area contributed by atoms with Gasteiger partial charge >= 0.3 is 0 Å². The number of hydrogen-bond donors (Lipinski definition) is 1. The Morgan fingerprint density at radius 2 is 1.84 bits per heavy atom. The molecule has 0 bridgehead atoms. The highest BCUT2D eigenvalue weighted by Crippen LogP contribution is 2.50. The van der Waals surface area contributed by atoms with Gasteiger partial charge in [-0.1, -0.05) is 0 Å². The number of carbonyl (C=O) groups is 1. The molecule has 0 spiro atoms. The Kier molecular flexibility index (Phi) is 6.73. The molecule has 0 amide bonds. The SMILES string of the molecule is O=C([O-])C[C@@](O)(CF)CCOP(=O)([O-])OP(=O)([O-])[O-]. The lowest BCUT2D eigenvalue weighted by atomic mass is 9.98. The zero-order chi connectivity index (χ0) is 15.3. The van der Waals surface area contributed by atoms with Crippen molar-refractivity contribution in [3.05, 3.63) is 0 Å². The van der Waals surface area contributed by atoms with Crippen molar-refractivity contribution < 1.29 is 52.0 Å². The molecule has 0 aromatic carbocycles. The van der Waals surface area contributed by atoms with Crippen LogP contribution in [0.1, 0.15) is 12.8 Å². The number of aliphatic hydroxyl groups is 1. The normalized spacial score (nSPS) is 18.6. The Morgan fingerprint density at radius 1 is 1.32 bits per heavy atom. The molecule has 0 rings (SSSR count). The molecule has 0 saturated carbocycles. The highest BCUT2D eigenvalue weighted by atomic mass is 31.3. The molecule has 13 heteroatoms.